The molecule has 0 aliphatic heterocycles. The fourth-order valence-electron chi connectivity index (χ4n) is 1.51. The molecular weight excluding hydrogens is 280 g/mol. The van der Waals surface area contributed by atoms with Crippen LogP contribution in [0.1, 0.15) is 30.6 Å². The molecule has 0 aromatic heterocycles. The summed E-state index contributed by atoms with van der Waals surface area (Å²) < 4.78 is 4.63. The van der Waals surface area contributed by atoms with E-state index >= 15 is 0 Å². The number of amides is 1. The van der Waals surface area contributed by atoms with E-state index < -0.39 is 5.97 Å². The predicted molar refractivity (Wildman–Crippen MR) is 79.2 cm³/mol. The van der Waals surface area contributed by atoms with Gasteiger partial charge >= 0.3 is 5.97 Å². The summed E-state index contributed by atoms with van der Waals surface area (Å²) in [5.41, 5.74) is 0.899. The first kappa shape index (κ1) is 16.3. The highest BCUT2D eigenvalue weighted by molar-refractivity contribution is 6.33. The molecule has 5 nitrogen and oxygen atoms in total. The first-order valence-corrected chi connectivity index (χ1v) is 6.76. The standard InChI is InChI=1S/C14H19ClN2O3/c1-4-9(2)17-13(18)8-16-12-7-10(14(19)20-3)5-6-11(12)15/h5-7,9,16H,4,8H2,1-3H3,(H,17,18). The normalized spacial score (nSPS) is 11.6. The van der Waals surface area contributed by atoms with Crippen LogP contribution in [0.4, 0.5) is 5.69 Å². The number of hydrogen-bond donors (Lipinski definition) is 2. The molecule has 0 aliphatic rings. The lowest BCUT2D eigenvalue weighted by molar-refractivity contribution is -0.120. The SMILES string of the molecule is CCC(C)NC(=O)CNc1cc(C(=O)OC)ccc1Cl. The third-order valence-corrected chi connectivity index (χ3v) is 3.18. The Labute approximate surface area is 123 Å². The van der Waals surface area contributed by atoms with Crippen LogP contribution < -0.4 is 10.6 Å². The summed E-state index contributed by atoms with van der Waals surface area (Å²) in [4.78, 5) is 23.1. The van der Waals surface area contributed by atoms with E-state index in [1.54, 1.807) is 18.2 Å². The Balaban J connectivity index is 2.67. The van der Waals surface area contributed by atoms with Gasteiger partial charge in [-0.2, -0.15) is 0 Å². The van der Waals surface area contributed by atoms with Gasteiger partial charge in [-0.3, -0.25) is 4.79 Å². The second-order valence-corrected chi connectivity index (χ2v) is 4.82. The first-order chi connectivity index (χ1) is 9.47. The third-order valence-electron chi connectivity index (χ3n) is 2.85. The molecule has 20 heavy (non-hydrogen) atoms. The summed E-state index contributed by atoms with van der Waals surface area (Å²) in [5.74, 6) is -0.576. The van der Waals surface area contributed by atoms with E-state index in [4.69, 9.17) is 11.6 Å². The minimum absolute atomic E-state index is 0.0920. The minimum Gasteiger partial charge on any atom is -0.465 e. The van der Waals surface area contributed by atoms with E-state index in [-0.39, 0.29) is 18.5 Å². The highest BCUT2D eigenvalue weighted by atomic mass is 35.5. The number of carbonyl (C=O) groups is 2. The fraction of sp³-hybridized carbons (Fsp3) is 0.429. The zero-order valence-corrected chi connectivity index (χ0v) is 12.6. The Morgan fingerprint density at radius 2 is 2.10 bits per heavy atom. The smallest absolute Gasteiger partial charge is 0.337 e. The molecule has 0 saturated heterocycles. The van der Waals surface area contributed by atoms with Crippen molar-refractivity contribution in [3.8, 4) is 0 Å². The van der Waals surface area contributed by atoms with Crippen molar-refractivity contribution in [3.05, 3.63) is 28.8 Å². The van der Waals surface area contributed by atoms with Gasteiger partial charge in [0.25, 0.3) is 0 Å². The van der Waals surface area contributed by atoms with Gasteiger partial charge in [0.15, 0.2) is 0 Å². The van der Waals surface area contributed by atoms with Crippen LogP contribution in [0.2, 0.25) is 5.02 Å². The average molecular weight is 299 g/mol. The van der Waals surface area contributed by atoms with Crippen molar-refractivity contribution < 1.29 is 14.3 Å². The quantitative estimate of drug-likeness (QED) is 0.792. The van der Waals surface area contributed by atoms with E-state index in [1.807, 2.05) is 13.8 Å². The average Bonchev–Trinajstić information content (AvgIpc) is 2.45. The second-order valence-electron chi connectivity index (χ2n) is 4.42. The molecule has 1 unspecified atom stereocenters. The van der Waals surface area contributed by atoms with Crippen molar-refractivity contribution in [1.29, 1.82) is 0 Å². The Morgan fingerprint density at radius 3 is 2.70 bits per heavy atom. The third kappa shape index (κ3) is 4.74. The van der Waals surface area contributed by atoms with Crippen molar-refractivity contribution in [2.75, 3.05) is 19.0 Å². The summed E-state index contributed by atoms with van der Waals surface area (Å²) in [7, 11) is 1.31. The number of benzene rings is 1. The van der Waals surface area contributed by atoms with Crippen LogP contribution in [0.25, 0.3) is 0 Å². The van der Waals surface area contributed by atoms with Gasteiger partial charge in [0, 0.05) is 6.04 Å². The van der Waals surface area contributed by atoms with Gasteiger partial charge in [-0.15, -0.1) is 0 Å². The maximum atomic E-state index is 11.7. The molecule has 6 heteroatoms. The molecule has 0 saturated carbocycles. The van der Waals surface area contributed by atoms with Crippen LogP contribution >= 0.6 is 11.6 Å². The zero-order chi connectivity index (χ0) is 15.1. The molecule has 1 amide bonds. The predicted octanol–water partition coefficient (Wildman–Crippen LogP) is 2.45. The minimum atomic E-state index is -0.450. The van der Waals surface area contributed by atoms with E-state index in [0.717, 1.165) is 6.42 Å². The van der Waals surface area contributed by atoms with Crippen LogP contribution in [0.3, 0.4) is 0 Å². The lowest BCUT2D eigenvalue weighted by Crippen LogP contribution is -2.36. The molecule has 0 aliphatic carbocycles. The summed E-state index contributed by atoms with van der Waals surface area (Å²) in [5, 5.41) is 6.18. The molecule has 0 bridgehead atoms. The Hall–Kier alpha value is -1.75. The Kier molecular flexibility index (Phi) is 6.31. The summed E-state index contributed by atoms with van der Waals surface area (Å²) in [6, 6.07) is 4.84. The van der Waals surface area contributed by atoms with Gasteiger partial charge in [-0.1, -0.05) is 18.5 Å². The lowest BCUT2D eigenvalue weighted by atomic mass is 10.2. The van der Waals surface area contributed by atoms with Gasteiger partial charge in [-0.25, -0.2) is 4.79 Å². The fourth-order valence-corrected chi connectivity index (χ4v) is 1.69. The molecule has 2 N–H and O–H groups in total. The monoisotopic (exact) mass is 298 g/mol. The van der Waals surface area contributed by atoms with Crippen molar-refractivity contribution >= 4 is 29.2 Å². The first-order valence-electron chi connectivity index (χ1n) is 6.39. The molecular formula is C14H19ClN2O3. The van der Waals surface area contributed by atoms with Crippen LogP contribution in [0, 0.1) is 0 Å². The van der Waals surface area contributed by atoms with E-state index in [9.17, 15) is 9.59 Å². The molecule has 1 atom stereocenters. The Morgan fingerprint density at radius 1 is 1.40 bits per heavy atom. The van der Waals surface area contributed by atoms with Crippen LogP contribution in [-0.4, -0.2) is 31.6 Å². The number of methoxy groups -OCH3 is 1. The van der Waals surface area contributed by atoms with Crippen LogP contribution in [0.15, 0.2) is 18.2 Å². The number of ether oxygens (including phenoxy) is 1. The number of anilines is 1. The highest BCUT2D eigenvalue weighted by Crippen LogP contribution is 2.23. The van der Waals surface area contributed by atoms with Crippen LogP contribution in [0.5, 0.6) is 0 Å². The molecule has 0 fully saturated rings. The number of esters is 1. The Bertz CT molecular complexity index is 491. The number of carbonyl (C=O) groups excluding carboxylic acids is 2. The van der Waals surface area contributed by atoms with Gasteiger partial charge in [0.05, 0.1) is 29.9 Å². The maximum Gasteiger partial charge on any atom is 0.337 e. The van der Waals surface area contributed by atoms with E-state index in [1.165, 1.54) is 7.11 Å². The topological polar surface area (TPSA) is 67.4 Å². The number of hydrogen-bond acceptors (Lipinski definition) is 4. The largest absolute Gasteiger partial charge is 0.465 e. The van der Waals surface area contributed by atoms with Crippen molar-refractivity contribution in [2.24, 2.45) is 0 Å². The van der Waals surface area contributed by atoms with Crippen LogP contribution in [-0.2, 0) is 9.53 Å². The van der Waals surface area contributed by atoms with Crippen molar-refractivity contribution in [2.45, 2.75) is 26.3 Å². The summed E-state index contributed by atoms with van der Waals surface area (Å²) >= 11 is 6.01. The molecule has 0 radical (unpaired) electrons. The number of nitrogens with one attached hydrogen (secondary N) is 2. The summed E-state index contributed by atoms with van der Waals surface area (Å²) in [6.45, 7) is 4.02. The van der Waals surface area contributed by atoms with Gasteiger partial charge < -0.3 is 15.4 Å². The van der Waals surface area contributed by atoms with E-state index in [2.05, 4.69) is 15.4 Å². The summed E-state index contributed by atoms with van der Waals surface area (Å²) in [6.07, 6.45) is 0.865. The molecule has 1 rings (SSSR count). The molecule has 1 aromatic carbocycles. The van der Waals surface area contributed by atoms with Gasteiger partial charge in [0.2, 0.25) is 5.91 Å². The lowest BCUT2D eigenvalue weighted by Gasteiger charge is -2.13. The van der Waals surface area contributed by atoms with E-state index in [0.29, 0.717) is 16.3 Å². The van der Waals surface area contributed by atoms with Crippen molar-refractivity contribution in [3.63, 3.8) is 0 Å². The second kappa shape index (κ2) is 7.75. The molecule has 0 heterocycles. The number of halogens is 1. The number of rotatable bonds is 6. The zero-order valence-electron chi connectivity index (χ0n) is 11.8. The highest BCUT2D eigenvalue weighted by Gasteiger charge is 2.10. The molecule has 110 valence electrons. The molecule has 1 aromatic rings. The van der Waals surface area contributed by atoms with Gasteiger partial charge in [0.1, 0.15) is 0 Å². The van der Waals surface area contributed by atoms with Gasteiger partial charge in [-0.05, 0) is 31.5 Å². The van der Waals surface area contributed by atoms with Crippen molar-refractivity contribution in [1.82, 2.24) is 5.32 Å². The molecule has 0 spiro atoms. The maximum absolute atomic E-state index is 11.7.